The topological polar surface area (TPSA) is 82.0 Å². The van der Waals surface area contributed by atoms with Gasteiger partial charge in [-0.25, -0.2) is 9.97 Å². The van der Waals surface area contributed by atoms with Crippen molar-refractivity contribution in [1.82, 2.24) is 19.9 Å². The second-order valence-corrected chi connectivity index (χ2v) is 8.65. The molecule has 3 aromatic carbocycles. The maximum atomic E-state index is 6.00. The first-order valence-corrected chi connectivity index (χ1v) is 11.2. The molecule has 0 aliphatic rings. The van der Waals surface area contributed by atoms with Gasteiger partial charge in [0, 0.05) is 22.3 Å². The van der Waals surface area contributed by atoms with Gasteiger partial charge in [0.15, 0.2) is 11.5 Å². The molecule has 1 N–H and O–H groups in total. The predicted molar refractivity (Wildman–Crippen MR) is 131 cm³/mol. The lowest BCUT2D eigenvalue weighted by atomic mass is 10.2. The minimum Gasteiger partial charge on any atom is -0.493 e. The van der Waals surface area contributed by atoms with E-state index in [1.165, 1.54) is 23.7 Å². The van der Waals surface area contributed by atoms with Crippen LogP contribution < -0.4 is 14.8 Å². The lowest BCUT2D eigenvalue weighted by Crippen LogP contribution is -2.01. The fourth-order valence-electron chi connectivity index (χ4n) is 3.20. The number of hydrogen-bond donors (Lipinski definition) is 1. The second-order valence-electron chi connectivity index (χ2n) is 7.18. The second kappa shape index (κ2) is 9.01. The van der Waals surface area contributed by atoms with Gasteiger partial charge in [0.2, 0.25) is 5.95 Å². The number of aryl methyl sites for hydroxylation is 1. The van der Waals surface area contributed by atoms with Gasteiger partial charge in [0.05, 0.1) is 17.3 Å². The summed E-state index contributed by atoms with van der Waals surface area (Å²) in [5.74, 6) is 1.29. The third-order valence-electron chi connectivity index (χ3n) is 4.81. The molecule has 9 heteroatoms. The van der Waals surface area contributed by atoms with Gasteiger partial charge in [0.25, 0.3) is 0 Å². The van der Waals surface area contributed by atoms with Crippen molar-refractivity contribution in [2.75, 3.05) is 12.4 Å². The van der Waals surface area contributed by atoms with E-state index >= 15 is 0 Å². The fraction of sp³-hybridized carbons (Fsp3) is 0.0833. The predicted octanol–water partition coefficient (Wildman–Crippen LogP) is 6.65. The maximum Gasteiger partial charge on any atom is 0.326 e. The molecule has 0 radical (unpaired) electrons. The van der Waals surface area contributed by atoms with E-state index in [1.807, 2.05) is 24.3 Å². The molecule has 0 amide bonds. The molecule has 0 spiro atoms. The highest BCUT2D eigenvalue weighted by Gasteiger charge is 2.10. The van der Waals surface area contributed by atoms with Crippen molar-refractivity contribution in [3.8, 4) is 28.1 Å². The minimum absolute atomic E-state index is 0.134. The Hall–Kier alpha value is -3.75. The summed E-state index contributed by atoms with van der Waals surface area (Å²) in [6.45, 7) is 2.09. The summed E-state index contributed by atoms with van der Waals surface area (Å²) in [6, 6.07) is 19.4. The molecule has 5 aromatic rings. The van der Waals surface area contributed by atoms with Crippen molar-refractivity contribution >= 4 is 44.8 Å². The standard InChI is InChI=1S/C24H18ClN5O2S/c1-14-3-9-18-21(11-14)33-22(29-18)15-4-7-17(8-5-15)28-23-26-13-27-24(30-23)32-19-10-6-16(25)12-20(19)31-2/h3-13H,1-2H3,(H,26,27,28,30). The molecule has 0 saturated heterocycles. The number of aromatic nitrogens is 4. The van der Waals surface area contributed by atoms with E-state index in [1.54, 1.807) is 29.5 Å². The van der Waals surface area contributed by atoms with Crippen LogP contribution in [0.25, 0.3) is 20.8 Å². The van der Waals surface area contributed by atoms with Gasteiger partial charge in [-0.15, -0.1) is 11.3 Å². The summed E-state index contributed by atoms with van der Waals surface area (Å²) in [4.78, 5) is 17.3. The van der Waals surface area contributed by atoms with Crippen molar-refractivity contribution in [3.63, 3.8) is 0 Å². The van der Waals surface area contributed by atoms with E-state index in [0.29, 0.717) is 22.5 Å². The van der Waals surface area contributed by atoms with Crippen LogP contribution in [-0.2, 0) is 0 Å². The number of methoxy groups -OCH3 is 1. The zero-order chi connectivity index (χ0) is 22.8. The lowest BCUT2D eigenvalue weighted by molar-refractivity contribution is 0.367. The third kappa shape index (κ3) is 4.72. The van der Waals surface area contributed by atoms with Crippen LogP contribution in [-0.4, -0.2) is 27.0 Å². The SMILES string of the molecule is COc1cc(Cl)ccc1Oc1ncnc(Nc2ccc(-c3nc4ccc(C)cc4s3)cc2)n1. The molecule has 0 bridgehead atoms. The zero-order valence-electron chi connectivity index (χ0n) is 17.7. The van der Waals surface area contributed by atoms with Gasteiger partial charge in [-0.3, -0.25) is 0 Å². The number of fused-ring (bicyclic) bond motifs is 1. The normalized spacial score (nSPS) is 10.9. The van der Waals surface area contributed by atoms with Crippen molar-refractivity contribution in [3.05, 3.63) is 77.6 Å². The van der Waals surface area contributed by atoms with Crippen LogP contribution in [0, 0.1) is 6.92 Å². The minimum atomic E-state index is 0.134. The molecule has 5 rings (SSSR count). The van der Waals surface area contributed by atoms with Crippen molar-refractivity contribution < 1.29 is 9.47 Å². The number of thiazole rings is 1. The fourth-order valence-corrected chi connectivity index (χ4v) is 4.43. The van der Waals surface area contributed by atoms with Gasteiger partial charge >= 0.3 is 6.01 Å². The Labute approximate surface area is 199 Å². The Balaban J connectivity index is 1.32. The zero-order valence-corrected chi connectivity index (χ0v) is 19.3. The molecule has 7 nitrogen and oxygen atoms in total. The van der Waals surface area contributed by atoms with E-state index in [-0.39, 0.29) is 6.01 Å². The molecule has 0 aliphatic heterocycles. The summed E-state index contributed by atoms with van der Waals surface area (Å²) < 4.78 is 12.2. The molecule has 2 aromatic heterocycles. The number of hydrogen-bond acceptors (Lipinski definition) is 8. The van der Waals surface area contributed by atoms with Crippen LogP contribution in [0.2, 0.25) is 5.02 Å². The number of nitrogens with zero attached hydrogens (tertiary/aromatic N) is 4. The molecular formula is C24H18ClN5O2S. The van der Waals surface area contributed by atoms with Crippen LogP contribution in [0.1, 0.15) is 5.56 Å². The average molecular weight is 476 g/mol. The summed E-state index contributed by atoms with van der Waals surface area (Å²) in [5.41, 5.74) is 4.12. The molecule has 164 valence electrons. The third-order valence-corrected chi connectivity index (χ3v) is 6.11. The van der Waals surface area contributed by atoms with Crippen LogP contribution >= 0.6 is 22.9 Å². The van der Waals surface area contributed by atoms with Gasteiger partial charge in [-0.2, -0.15) is 9.97 Å². The Morgan fingerprint density at radius 1 is 0.909 bits per heavy atom. The first kappa shape index (κ1) is 21.1. The molecule has 0 unspecified atom stereocenters. The maximum absolute atomic E-state index is 6.00. The van der Waals surface area contributed by atoms with Gasteiger partial charge in [-0.1, -0.05) is 17.7 Å². The highest BCUT2D eigenvalue weighted by Crippen LogP contribution is 2.33. The molecule has 0 fully saturated rings. The first-order chi connectivity index (χ1) is 16.1. The smallest absolute Gasteiger partial charge is 0.326 e. The monoisotopic (exact) mass is 475 g/mol. The highest BCUT2D eigenvalue weighted by atomic mass is 35.5. The summed E-state index contributed by atoms with van der Waals surface area (Å²) in [6.07, 6.45) is 1.38. The summed E-state index contributed by atoms with van der Waals surface area (Å²) in [5, 5.41) is 4.69. The lowest BCUT2D eigenvalue weighted by Gasteiger charge is -2.10. The number of benzene rings is 3. The highest BCUT2D eigenvalue weighted by molar-refractivity contribution is 7.21. The largest absolute Gasteiger partial charge is 0.493 e. The average Bonchev–Trinajstić information content (AvgIpc) is 3.24. The van der Waals surface area contributed by atoms with E-state index < -0.39 is 0 Å². The quantitative estimate of drug-likeness (QED) is 0.294. The molecule has 0 saturated carbocycles. The number of anilines is 2. The van der Waals surface area contributed by atoms with Crippen LogP contribution in [0.15, 0.2) is 67.0 Å². The van der Waals surface area contributed by atoms with E-state index in [9.17, 15) is 0 Å². The molecule has 0 atom stereocenters. The van der Waals surface area contributed by atoms with Gasteiger partial charge < -0.3 is 14.8 Å². The van der Waals surface area contributed by atoms with E-state index in [2.05, 4.69) is 45.4 Å². The van der Waals surface area contributed by atoms with Crippen molar-refractivity contribution in [2.45, 2.75) is 6.92 Å². The van der Waals surface area contributed by atoms with Crippen LogP contribution in [0.5, 0.6) is 17.5 Å². The summed E-state index contributed by atoms with van der Waals surface area (Å²) in [7, 11) is 1.54. The van der Waals surface area contributed by atoms with Crippen molar-refractivity contribution in [1.29, 1.82) is 0 Å². The van der Waals surface area contributed by atoms with Crippen molar-refractivity contribution in [2.24, 2.45) is 0 Å². The van der Waals surface area contributed by atoms with Crippen LogP contribution in [0.4, 0.5) is 11.6 Å². The molecule has 2 heterocycles. The van der Waals surface area contributed by atoms with E-state index in [0.717, 1.165) is 21.8 Å². The van der Waals surface area contributed by atoms with Gasteiger partial charge in [-0.05, 0) is 61.0 Å². The Morgan fingerprint density at radius 3 is 2.58 bits per heavy atom. The molecular weight excluding hydrogens is 458 g/mol. The molecule has 0 aliphatic carbocycles. The Morgan fingerprint density at radius 2 is 1.76 bits per heavy atom. The number of rotatable bonds is 6. The molecule has 33 heavy (non-hydrogen) atoms. The Kier molecular flexibility index (Phi) is 5.77. The summed E-state index contributed by atoms with van der Waals surface area (Å²) >= 11 is 7.68. The number of nitrogens with one attached hydrogen (secondary N) is 1. The van der Waals surface area contributed by atoms with Gasteiger partial charge in [0.1, 0.15) is 11.3 Å². The van der Waals surface area contributed by atoms with E-state index in [4.69, 9.17) is 26.1 Å². The Bertz CT molecular complexity index is 1440. The number of ether oxygens (including phenoxy) is 2. The van der Waals surface area contributed by atoms with Crippen LogP contribution in [0.3, 0.4) is 0 Å². The number of halogens is 1. The first-order valence-electron chi connectivity index (χ1n) is 10.0.